The molecule has 0 spiro atoms. The summed E-state index contributed by atoms with van der Waals surface area (Å²) in [7, 11) is 0. The van der Waals surface area contributed by atoms with Gasteiger partial charge in [0.15, 0.2) is 0 Å². The minimum Gasteiger partial charge on any atom is -0.462 e. The van der Waals surface area contributed by atoms with E-state index in [-0.39, 0.29) is 52.9 Å². The summed E-state index contributed by atoms with van der Waals surface area (Å²) in [6.07, 6.45) is 7.95. The molecule has 32 heavy (non-hydrogen) atoms. The average Bonchev–Trinajstić information content (AvgIpc) is 3.09. The third-order valence-electron chi connectivity index (χ3n) is 8.87. The summed E-state index contributed by atoms with van der Waals surface area (Å²) in [5, 5.41) is 11.2. The molecule has 3 fully saturated rings. The molecule has 0 aromatic heterocycles. The first kappa shape index (κ1) is 23.7. The Balaban J connectivity index is 1.51. The second-order valence-corrected chi connectivity index (χ2v) is 10.9. The number of ether oxygens (including phenoxy) is 3. The molecule has 4 aliphatic rings. The Morgan fingerprint density at radius 2 is 1.94 bits per heavy atom. The van der Waals surface area contributed by atoms with Crippen molar-refractivity contribution in [1.29, 1.82) is 0 Å². The predicted octanol–water partition coefficient (Wildman–Crippen LogP) is 4.33. The van der Waals surface area contributed by atoms with Gasteiger partial charge < -0.3 is 19.3 Å². The van der Waals surface area contributed by atoms with Crippen molar-refractivity contribution >= 4 is 11.9 Å². The number of hydrogen-bond donors (Lipinski definition) is 1. The summed E-state index contributed by atoms with van der Waals surface area (Å²) in [6.45, 7) is 8.85. The first-order chi connectivity index (χ1) is 15.2. The van der Waals surface area contributed by atoms with Gasteiger partial charge in [-0.2, -0.15) is 0 Å². The SMILES string of the molecule is CCCCC(=O)O[C@H]1CC[C@@]2(C)C(=C[C@H](O)C3C2OC[C@@]2(C)C3CC[C@@H]2OC(=O)CC)C1. The number of aliphatic hydroxyl groups excluding tert-OH is 1. The van der Waals surface area contributed by atoms with E-state index in [2.05, 4.69) is 20.8 Å². The number of aliphatic hydroxyl groups is 1. The summed E-state index contributed by atoms with van der Waals surface area (Å²) >= 11 is 0. The minimum atomic E-state index is -0.595. The van der Waals surface area contributed by atoms with Crippen LogP contribution in [0.5, 0.6) is 0 Å². The molecule has 180 valence electrons. The fourth-order valence-corrected chi connectivity index (χ4v) is 6.88. The lowest BCUT2D eigenvalue weighted by Crippen LogP contribution is -2.61. The van der Waals surface area contributed by atoms with Crippen molar-refractivity contribution in [2.75, 3.05) is 6.61 Å². The fourth-order valence-electron chi connectivity index (χ4n) is 6.88. The van der Waals surface area contributed by atoms with Gasteiger partial charge in [-0.3, -0.25) is 9.59 Å². The molecule has 0 aromatic rings. The molecule has 0 aromatic carbocycles. The summed E-state index contributed by atoms with van der Waals surface area (Å²) in [5.41, 5.74) is 0.748. The Morgan fingerprint density at radius 1 is 1.16 bits per heavy atom. The molecule has 1 heterocycles. The number of carbonyl (C=O) groups is 2. The van der Waals surface area contributed by atoms with E-state index in [0.29, 0.717) is 25.9 Å². The first-order valence-corrected chi connectivity index (χ1v) is 12.6. The molecule has 1 N–H and O–H groups in total. The standard InChI is InChI=1S/C26H40O6/c1-5-7-8-22(29)31-17-11-12-25(3)16(13-17)14-19(27)23-18-9-10-20(32-21(28)6-2)26(18,4)15-30-24(23)25/h14,17-20,23-24,27H,5-13,15H2,1-4H3/t17-,18?,19-,20-,23?,24?,25-,26-/m0/s1. The van der Waals surface area contributed by atoms with Crippen molar-refractivity contribution in [2.45, 2.75) is 110 Å². The van der Waals surface area contributed by atoms with Gasteiger partial charge in [-0.15, -0.1) is 0 Å². The summed E-state index contributed by atoms with van der Waals surface area (Å²) in [5.74, 6) is -0.0238. The number of rotatable bonds is 6. The largest absolute Gasteiger partial charge is 0.462 e. The molecular weight excluding hydrogens is 408 g/mol. The number of esters is 2. The Bertz CT molecular complexity index is 761. The Hall–Kier alpha value is -1.40. The summed E-state index contributed by atoms with van der Waals surface area (Å²) in [6, 6.07) is 0. The molecule has 0 radical (unpaired) electrons. The smallest absolute Gasteiger partial charge is 0.306 e. The van der Waals surface area contributed by atoms with Gasteiger partial charge in [-0.05, 0) is 38.0 Å². The summed E-state index contributed by atoms with van der Waals surface area (Å²) < 4.78 is 18.1. The molecule has 0 bridgehead atoms. The van der Waals surface area contributed by atoms with Crippen LogP contribution in [0, 0.1) is 22.7 Å². The van der Waals surface area contributed by atoms with Gasteiger partial charge in [-0.1, -0.05) is 45.8 Å². The van der Waals surface area contributed by atoms with E-state index >= 15 is 0 Å². The fraction of sp³-hybridized carbons (Fsp3) is 0.846. The van der Waals surface area contributed by atoms with Crippen molar-refractivity contribution < 1.29 is 28.9 Å². The highest BCUT2D eigenvalue weighted by atomic mass is 16.6. The van der Waals surface area contributed by atoms with Crippen molar-refractivity contribution in [2.24, 2.45) is 22.7 Å². The van der Waals surface area contributed by atoms with Gasteiger partial charge in [0.05, 0.1) is 18.8 Å². The second kappa shape index (κ2) is 9.09. The van der Waals surface area contributed by atoms with Gasteiger partial charge in [-0.25, -0.2) is 0 Å². The number of hydrogen-bond acceptors (Lipinski definition) is 6. The van der Waals surface area contributed by atoms with E-state index in [9.17, 15) is 14.7 Å². The predicted molar refractivity (Wildman–Crippen MR) is 120 cm³/mol. The lowest BCUT2D eigenvalue weighted by atomic mass is 9.54. The van der Waals surface area contributed by atoms with Crippen LogP contribution in [0.25, 0.3) is 0 Å². The maximum Gasteiger partial charge on any atom is 0.306 e. The lowest BCUT2D eigenvalue weighted by Gasteiger charge is -2.58. The van der Waals surface area contributed by atoms with Crippen LogP contribution in [0.4, 0.5) is 0 Å². The first-order valence-electron chi connectivity index (χ1n) is 12.6. The number of unbranched alkanes of at least 4 members (excludes halogenated alkanes) is 1. The molecule has 8 atom stereocenters. The van der Waals surface area contributed by atoms with E-state index in [1.807, 2.05) is 13.0 Å². The molecule has 3 unspecified atom stereocenters. The normalized spacial score (nSPS) is 42.8. The van der Waals surface area contributed by atoms with Crippen LogP contribution >= 0.6 is 0 Å². The maximum atomic E-state index is 12.1. The van der Waals surface area contributed by atoms with Crippen LogP contribution in [0.1, 0.15) is 85.5 Å². The Morgan fingerprint density at radius 3 is 2.66 bits per heavy atom. The van der Waals surface area contributed by atoms with Crippen molar-refractivity contribution in [1.82, 2.24) is 0 Å². The quantitative estimate of drug-likeness (QED) is 0.481. The zero-order valence-electron chi connectivity index (χ0n) is 20.1. The van der Waals surface area contributed by atoms with Crippen molar-refractivity contribution in [3.05, 3.63) is 11.6 Å². The van der Waals surface area contributed by atoms with Crippen LogP contribution in [0.15, 0.2) is 11.6 Å². The maximum absolute atomic E-state index is 12.1. The molecular formula is C26H40O6. The molecule has 1 aliphatic heterocycles. The minimum absolute atomic E-state index is 0.00326. The van der Waals surface area contributed by atoms with Crippen LogP contribution in [0.2, 0.25) is 0 Å². The highest BCUT2D eigenvalue weighted by molar-refractivity contribution is 5.69. The molecule has 4 rings (SSSR count). The van der Waals surface area contributed by atoms with Gasteiger partial charge in [0.25, 0.3) is 0 Å². The van der Waals surface area contributed by atoms with Crippen LogP contribution in [-0.4, -0.2) is 48.1 Å². The Labute approximate surface area is 192 Å². The molecule has 2 saturated carbocycles. The topological polar surface area (TPSA) is 82.1 Å². The third-order valence-corrected chi connectivity index (χ3v) is 8.87. The zero-order valence-corrected chi connectivity index (χ0v) is 20.1. The lowest BCUT2D eigenvalue weighted by molar-refractivity contribution is -0.213. The molecule has 6 nitrogen and oxygen atoms in total. The average molecular weight is 449 g/mol. The number of fused-ring (bicyclic) bond motifs is 5. The van der Waals surface area contributed by atoms with Gasteiger partial charge in [0.1, 0.15) is 12.2 Å². The van der Waals surface area contributed by atoms with Gasteiger partial charge in [0, 0.05) is 36.0 Å². The van der Waals surface area contributed by atoms with Crippen LogP contribution in [0.3, 0.4) is 0 Å². The van der Waals surface area contributed by atoms with Crippen molar-refractivity contribution in [3.8, 4) is 0 Å². The molecule has 0 amide bonds. The van der Waals surface area contributed by atoms with E-state index in [1.165, 1.54) is 5.57 Å². The van der Waals surface area contributed by atoms with Crippen LogP contribution < -0.4 is 0 Å². The van der Waals surface area contributed by atoms with E-state index in [0.717, 1.165) is 38.5 Å². The van der Waals surface area contributed by atoms with Crippen molar-refractivity contribution in [3.63, 3.8) is 0 Å². The van der Waals surface area contributed by atoms with Gasteiger partial charge >= 0.3 is 11.9 Å². The highest BCUT2D eigenvalue weighted by Gasteiger charge is 2.62. The zero-order chi connectivity index (χ0) is 23.1. The molecule has 6 heteroatoms. The van der Waals surface area contributed by atoms with E-state index < -0.39 is 6.10 Å². The van der Waals surface area contributed by atoms with Gasteiger partial charge in [0.2, 0.25) is 0 Å². The van der Waals surface area contributed by atoms with Crippen LogP contribution in [-0.2, 0) is 23.8 Å². The summed E-state index contributed by atoms with van der Waals surface area (Å²) in [4.78, 5) is 24.1. The third kappa shape index (κ3) is 4.02. The monoisotopic (exact) mass is 448 g/mol. The molecule has 3 aliphatic carbocycles. The Kier molecular flexibility index (Phi) is 6.75. The molecule has 1 saturated heterocycles. The van der Waals surface area contributed by atoms with E-state index in [4.69, 9.17) is 14.2 Å². The number of carbonyl (C=O) groups excluding carboxylic acids is 2. The van der Waals surface area contributed by atoms with E-state index in [1.54, 1.807) is 0 Å². The highest BCUT2D eigenvalue weighted by Crippen LogP contribution is 2.61. The second-order valence-electron chi connectivity index (χ2n) is 10.9.